The molecule has 5 heteroatoms. The van der Waals surface area contributed by atoms with Crippen LogP contribution in [0.2, 0.25) is 0 Å². The maximum atomic E-state index is 10.8. The van der Waals surface area contributed by atoms with Crippen LogP contribution in [0.15, 0.2) is 12.2 Å². The van der Waals surface area contributed by atoms with Gasteiger partial charge in [0.2, 0.25) is 0 Å². The minimum Gasteiger partial charge on any atom is -0.467 e. The van der Waals surface area contributed by atoms with Crippen LogP contribution in [-0.2, 0) is 23.7 Å². The molecule has 1 saturated heterocycles. The Morgan fingerprint density at radius 2 is 2.43 bits per heavy atom. The van der Waals surface area contributed by atoms with Crippen LogP contribution in [0, 0.1) is 0 Å². The zero-order valence-corrected chi connectivity index (χ0v) is 7.84. The molecule has 3 atom stereocenters. The molecule has 5 nitrogen and oxygen atoms in total. The average Bonchev–Trinajstić information content (AvgIpc) is 2.60. The van der Waals surface area contributed by atoms with Gasteiger partial charge >= 0.3 is 5.97 Å². The summed E-state index contributed by atoms with van der Waals surface area (Å²) in [4.78, 5) is 10.8. The normalized spacial score (nSPS) is 34.5. The molecule has 0 amide bonds. The van der Waals surface area contributed by atoms with E-state index in [0.717, 1.165) is 0 Å². The molecule has 0 aromatic carbocycles. The molecule has 0 N–H and O–H groups in total. The third-order valence-electron chi connectivity index (χ3n) is 2.14. The van der Waals surface area contributed by atoms with Gasteiger partial charge in [0, 0.05) is 0 Å². The Morgan fingerprint density at radius 3 is 3.21 bits per heavy atom. The summed E-state index contributed by atoms with van der Waals surface area (Å²) < 4.78 is 20.4. The van der Waals surface area contributed by atoms with Crippen LogP contribution < -0.4 is 0 Å². The highest BCUT2D eigenvalue weighted by molar-refractivity contribution is 5.70. The summed E-state index contributed by atoms with van der Waals surface area (Å²) in [5, 5.41) is 0. The number of carbonyl (C=O) groups excluding carboxylic acids is 1. The smallest absolute Gasteiger partial charge is 0.331 e. The van der Waals surface area contributed by atoms with Gasteiger partial charge in [-0.3, -0.25) is 0 Å². The Hall–Kier alpha value is -0.910. The lowest BCUT2D eigenvalue weighted by Crippen LogP contribution is -2.33. The molecule has 0 spiro atoms. The van der Waals surface area contributed by atoms with Gasteiger partial charge in [-0.25, -0.2) is 4.79 Å². The summed E-state index contributed by atoms with van der Waals surface area (Å²) in [6, 6.07) is 0. The fraction of sp³-hybridized carbons (Fsp3) is 0.667. The summed E-state index contributed by atoms with van der Waals surface area (Å²) in [6.45, 7) is 0.471. The molecule has 78 valence electrons. The summed E-state index contributed by atoms with van der Waals surface area (Å²) in [7, 11) is 1.32. The van der Waals surface area contributed by atoms with E-state index in [1.165, 1.54) is 7.11 Å². The number of ether oxygens (including phenoxy) is 4. The molecule has 14 heavy (non-hydrogen) atoms. The van der Waals surface area contributed by atoms with Crippen LogP contribution in [0.3, 0.4) is 0 Å². The van der Waals surface area contributed by atoms with Crippen molar-refractivity contribution in [2.24, 2.45) is 0 Å². The Morgan fingerprint density at radius 1 is 1.57 bits per heavy atom. The number of rotatable bonds is 3. The molecule has 0 aliphatic carbocycles. The summed E-state index contributed by atoms with van der Waals surface area (Å²) >= 11 is 0. The number of hydrogen-bond acceptors (Lipinski definition) is 5. The van der Waals surface area contributed by atoms with Crippen molar-refractivity contribution >= 4 is 5.97 Å². The molecular formula is C9H12O5. The van der Waals surface area contributed by atoms with Crippen molar-refractivity contribution in [2.45, 2.75) is 18.5 Å². The molecule has 2 aliphatic rings. The predicted molar refractivity (Wildman–Crippen MR) is 45.5 cm³/mol. The summed E-state index contributed by atoms with van der Waals surface area (Å²) in [6.07, 6.45) is 3.08. The van der Waals surface area contributed by atoms with E-state index in [1.54, 1.807) is 0 Å². The lowest BCUT2D eigenvalue weighted by atomic mass is 10.2. The molecule has 0 aromatic rings. The van der Waals surface area contributed by atoms with Crippen molar-refractivity contribution in [3.05, 3.63) is 12.2 Å². The number of carbonyl (C=O) groups is 1. The van der Waals surface area contributed by atoms with Gasteiger partial charge in [-0.15, -0.1) is 0 Å². The Bertz CT molecular complexity index is 250. The molecule has 0 unspecified atom stereocenters. The lowest BCUT2D eigenvalue weighted by molar-refractivity contribution is -0.161. The maximum Gasteiger partial charge on any atom is 0.331 e. The fourth-order valence-corrected chi connectivity index (χ4v) is 1.40. The van der Waals surface area contributed by atoms with Gasteiger partial charge in [-0.2, -0.15) is 0 Å². The first-order valence-electron chi connectivity index (χ1n) is 4.43. The molecule has 0 saturated carbocycles. The van der Waals surface area contributed by atoms with Gasteiger partial charge in [-0.05, 0) is 0 Å². The first kappa shape index (κ1) is 9.64. The van der Waals surface area contributed by atoms with Gasteiger partial charge < -0.3 is 18.9 Å². The highest BCUT2D eigenvalue weighted by atomic mass is 16.7. The fourth-order valence-electron chi connectivity index (χ4n) is 1.40. The van der Waals surface area contributed by atoms with Crippen molar-refractivity contribution in [3.8, 4) is 0 Å². The van der Waals surface area contributed by atoms with Crippen LogP contribution >= 0.6 is 0 Å². The van der Waals surface area contributed by atoms with Crippen molar-refractivity contribution < 1.29 is 23.7 Å². The van der Waals surface area contributed by atoms with Gasteiger partial charge in [0.05, 0.1) is 13.7 Å². The van der Waals surface area contributed by atoms with E-state index < -0.39 is 5.97 Å². The number of fused-ring (bicyclic) bond motifs is 2. The van der Waals surface area contributed by atoms with Gasteiger partial charge in [0.1, 0.15) is 18.8 Å². The van der Waals surface area contributed by atoms with Crippen molar-refractivity contribution in [2.75, 3.05) is 20.3 Å². The van der Waals surface area contributed by atoms with Crippen molar-refractivity contribution in [1.29, 1.82) is 0 Å². The zero-order chi connectivity index (χ0) is 9.97. The minimum absolute atomic E-state index is 0.0398. The van der Waals surface area contributed by atoms with E-state index >= 15 is 0 Å². The highest BCUT2D eigenvalue weighted by Gasteiger charge is 2.35. The number of hydrogen-bond donors (Lipinski definition) is 0. The van der Waals surface area contributed by atoms with E-state index in [2.05, 4.69) is 4.74 Å². The largest absolute Gasteiger partial charge is 0.467 e. The molecule has 2 bridgehead atoms. The highest BCUT2D eigenvalue weighted by Crippen LogP contribution is 2.23. The number of methoxy groups -OCH3 is 1. The second-order valence-electron chi connectivity index (χ2n) is 3.11. The second kappa shape index (κ2) is 4.08. The van der Waals surface area contributed by atoms with Gasteiger partial charge in [0.15, 0.2) is 6.29 Å². The Balaban J connectivity index is 1.83. The van der Waals surface area contributed by atoms with Gasteiger partial charge in [-0.1, -0.05) is 12.2 Å². The molecule has 2 rings (SSSR count). The molecule has 2 aliphatic heterocycles. The van der Waals surface area contributed by atoms with E-state index in [1.807, 2.05) is 12.2 Å². The van der Waals surface area contributed by atoms with E-state index in [0.29, 0.717) is 6.61 Å². The van der Waals surface area contributed by atoms with Crippen molar-refractivity contribution in [3.63, 3.8) is 0 Å². The van der Waals surface area contributed by atoms with E-state index in [9.17, 15) is 4.79 Å². The molecule has 0 aromatic heterocycles. The standard InChI is InChI=1S/C9H12O5/c1-11-8(10)5-12-7-3-2-6-4-13-9(7)14-6/h2-3,6-7,9H,4-5H2,1H3/t6-,7-,9+/m0/s1. The monoisotopic (exact) mass is 200 g/mol. The minimum atomic E-state index is -0.404. The topological polar surface area (TPSA) is 54.0 Å². The van der Waals surface area contributed by atoms with Crippen LogP contribution in [-0.4, -0.2) is 44.8 Å². The van der Waals surface area contributed by atoms with Gasteiger partial charge in [0.25, 0.3) is 0 Å². The second-order valence-corrected chi connectivity index (χ2v) is 3.11. The maximum absolute atomic E-state index is 10.8. The van der Waals surface area contributed by atoms with Crippen LogP contribution in [0.5, 0.6) is 0 Å². The summed E-state index contributed by atoms with van der Waals surface area (Å²) in [5.74, 6) is -0.404. The third kappa shape index (κ3) is 1.95. The number of esters is 1. The zero-order valence-electron chi connectivity index (χ0n) is 7.84. The first-order chi connectivity index (χ1) is 6.79. The average molecular weight is 200 g/mol. The SMILES string of the molecule is COC(=O)CO[C@H]1C=C[C@H]2CO[C@@H]1O2. The Labute approximate surface area is 81.6 Å². The van der Waals surface area contributed by atoms with E-state index in [4.69, 9.17) is 14.2 Å². The molecule has 2 heterocycles. The third-order valence-corrected chi connectivity index (χ3v) is 2.14. The van der Waals surface area contributed by atoms with Crippen molar-refractivity contribution in [1.82, 2.24) is 0 Å². The molecule has 0 radical (unpaired) electrons. The quantitative estimate of drug-likeness (QED) is 0.468. The van der Waals surface area contributed by atoms with E-state index in [-0.39, 0.29) is 25.1 Å². The van der Waals surface area contributed by atoms with Crippen LogP contribution in [0.1, 0.15) is 0 Å². The molecular weight excluding hydrogens is 188 g/mol. The first-order valence-corrected chi connectivity index (χ1v) is 4.43. The van der Waals surface area contributed by atoms with Crippen LogP contribution in [0.4, 0.5) is 0 Å². The predicted octanol–water partition coefficient (Wildman–Crippen LogP) is -0.144. The Kier molecular flexibility index (Phi) is 2.81. The lowest BCUT2D eigenvalue weighted by Gasteiger charge is -2.22. The molecule has 1 fully saturated rings. The summed E-state index contributed by atoms with van der Waals surface area (Å²) in [5.41, 5.74) is 0. The van der Waals surface area contributed by atoms with Crippen LogP contribution in [0.25, 0.3) is 0 Å².